The summed E-state index contributed by atoms with van der Waals surface area (Å²) in [5, 5.41) is 0.460. The van der Waals surface area contributed by atoms with Crippen LogP contribution in [0.1, 0.15) is 58.6 Å². The van der Waals surface area contributed by atoms with Crippen LogP contribution in [-0.4, -0.2) is 19.6 Å². The van der Waals surface area contributed by atoms with E-state index in [-0.39, 0.29) is 17.1 Å². The molecule has 7 heteroatoms. The van der Waals surface area contributed by atoms with Crippen molar-refractivity contribution in [3.8, 4) is 11.5 Å². The van der Waals surface area contributed by atoms with Gasteiger partial charge in [0.25, 0.3) is 5.91 Å². The van der Waals surface area contributed by atoms with Crippen LogP contribution in [0, 0.1) is 13.8 Å². The Hall–Kier alpha value is -3.58. The van der Waals surface area contributed by atoms with Gasteiger partial charge in [-0.3, -0.25) is 14.5 Å². The zero-order chi connectivity index (χ0) is 26.3. The Morgan fingerprint density at radius 1 is 1.00 bits per heavy atom. The molecule has 0 bridgehead atoms. The van der Waals surface area contributed by atoms with Crippen molar-refractivity contribution in [1.82, 2.24) is 0 Å². The molecule has 0 radical (unpaired) electrons. The SMILES string of the molecule is CCCCOc1ccc(C2c3c(oc4cc(C)c(C)cc4c3=O)C(=O)N2c2cccc(Br)c2)cc1OC. The highest BCUT2D eigenvalue weighted by molar-refractivity contribution is 9.10. The average Bonchev–Trinajstić information content (AvgIpc) is 3.18. The van der Waals surface area contributed by atoms with E-state index in [0.717, 1.165) is 34.0 Å². The first-order valence-corrected chi connectivity index (χ1v) is 13.1. The Bertz CT molecular complexity index is 1570. The second-order valence-corrected chi connectivity index (χ2v) is 10.2. The minimum Gasteiger partial charge on any atom is -0.493 e. The van der Waals surface area contributed by atoms with E-state index in [1.165, 1.54) is 0 Å². The highest BCUT2D eigenvalue weighted by Gasteiger charge is 2.44. The van der Waals surface area contributed by atoms with Crippen LogP contribution in [0.25, 0.3) is 11.0 Å². The third-order valence-electron chi connectivity index (χ3n) is 6.83. The van der Waals surface area contributed by atoms with E-state index in [1.54, 1.807) is 12.0 Å². The molecule has 1 unspecified atom stereocenters. The molecular formula is C30H28BrNO5. The van der Waals surface area contributed by atoms with Gasteiger partial charge in [-0.2, -0.15) is 0 Å². The molecule has 37 heavy (non-hydrogen) atoms. The quantitative estimate of drug-likeness (QED) is 0.225. The highest BCUT2D eigenvalue weighted by Crippen LogP contribution is 2.43. The molecule has 0 spiro atoms. The molecule has 190 valence electrons. The number of nitrogens with zero attached hydrogens (tertiary/aromatic N) is 1. The Kier molecular flexibility index (Phi) is 6.82. The van der Waals surface area contributed by atoms with Crippen LogP contribution < -0.4 is 19.8 Å². The number of fused-ring (bicyclic) bond motifs is 2. The van der Waals surface area contributed by atoms with Crippen molar-refractivity contribution in [2.75, 3.05) is 18.6 Å². The number of rotatable bonds is 7. The summed E-state index contributed by atoms with van der Waals surface area (Å²) in [5.74, 6) is 0.862. The number of amides is 1. The van der Waals surface area contributed by atoms with E-state index in [1.807, 2.05) is 68.4 Å². The number of methoxy groups -OCH3 is 1. The van der Waals surface area contributed by atoms with E-state index in [2.05, 4.69) is 22.9 Å². The summed E-state index contributed by atoms with van der Waals surface area (Å²) in [6.07, 6.45) is 1.95. The van der Waals surface area contributed by atoms with Crippen molar-refractivity contribution in [1.29, 1.82) is 0 Å². The summed E-state index contributed by atoms with van der Waals surface area (Å²) in [7, 11) is 1.58. The van der Waals surface area contributed by atoms with Crippen molar-refractivity contribution < 1.29 is 18.7 Å². The summed E-state index contributed by atoms with van der Waals surface area (Å²) < 4.78 is 18.5. The molecule has 1 atom stereocenters. The van der Waals surface area contributed by atoms with E-state index in [4.69, 9.17) is 13.9 Å². The number of carbonyl (C=O) groups excluding carboxylic acids is 1. The lowest BCUT2D eigenvalue weighted by molar-refractivity contribution is 0.0971. The third kappa shape index (κ3) is 4.42. The minimum atomic E-state index is -0.697. The monoisotopic (exact) mass is 561 g/mol. The molecule has 0 aliphatic carbocycles. The number of hydrogen-bond acceptors (Lipinski definition) is 5. The molecule has 1 aromatic heterocycles. The summed E-state index contributed by atoms with van der Waals surface area (Å²) in [5.41, 5.74) is 3.87. The van der Waals surface area contributed by atoms with Gasteiger partial charge < -0.3 is 13.9 Å². The molecule has 4 aromatic rings. The van der Waals surface area contributed by atoms with E-state index in [9.17, 15) is 9.59 Å². The Labute approximate surface area is 223 Å². The molecule has 0 saturated heterocycles. The number of ether oxygens (including phenoxy) is 2. The molecule has 1 amide bonds. The second-order valence-electron chi connectivity index (χ2n) is 9.28. The largest absolute Gasteiger partial charge is 0.493 e. The predicted octanol–water partition coefficient (Wildman–Crippen LogP) is 7.11. The number of benzene rings is 3. The van der Waals surface area contributed by atoms with Crippen molar-refractivity contribution in [2.24, 2.45) is 0 Å². The molecule has 0 saturated carbocycles. The van der Waals surface area contributed by atoms with Gasteiger partial charge >= 0.3 is 0 Å². The topological polar surface area (TPSA) is 69.0 Å². The Morgan fingerprint density at radius 3 is 2.51 bits per heavy atom. The number of halogens is 1. The maximum atomic E-state index is 13.9. The molecule has 5 rings (SSSR count). The first-order valence-electron chi connectivity index (χ1n) is 12.3. The van der Waals surface area contributed by atoms with Gasteiger partial charge in [0.2, 0.25) is 5.76 Å². The summed E-state index contributed by atoms with van der Waals surface area (Å²) in [4.78, 5) is 29.4. The van der Waals surface area contributed by atoms with Gasteiger partial charge in [0, 0.05) is 10.2 Å². The number of anilines is 1. The lowest BCUT2D eigenvalue weighted by Gasteiger charge is -2.26. The van der Waals surface area contributed by atoms with E-state index < -0.39 is 6.04 Å². The summed E-state index contributed by atoms with van der Waals surface area (Å²) >= 11 is 3.51. The predicted molar refractivity (Wildman–Crippen MR) is 148 cm³/mol. The molecule has 2 heterocycles. The van der Waals surface area contributed by atoms with Gasteiger partial charge in [0.05, 0.1) is 30.7 Å². The van der Waals surface area contributed by atoms with Crippen molar-refractivity contribution in [3.05, 3.63) is 97.3 Å². The summed E-state index contributed by atoms with van der Waals surface area (Å²) in [6, 6.07) is 16.0. The molecule has 0 fully saturated rings. The third-order valence-corrected chi connectivity index (χ3v) is 7.32. The molecule has 3 aromatic carbocycles. The molecule has 1 aliphatic heterocycles. The molecule has 0 N–H and O–H groups in total. The van der Waals surface area contributed by atoms with Crippen LogP contribution in [0.5, 0.6) is 11.5 Å². The van der Waals surface area contributed by atoms with Gasteiger partial charge in [-0.15, -0.1) is 0 Å². The van der Waals surface area contributed by atoms with Crippen LogP contribution in [0.2, 0.25) is 0 Å². The van der Waals surface area contributed by atoms with Crippen LogP contribution in [-0.2, 0) is 0 Å². The standard InChI is InChI=1S/C30H28BrNO5/c1-5-6-12-36-23-11-10-19(15-25(23)35-4)27-26-28(33)22-13-17(2)18(3)14-24(22)37-29(26)30(34)32(27)21-9-7-8-20(31)16-21/h7-11,13-16,27H,5-6,12H2,1-4H3. The number of aryl methyl sites for hydroxylation is 2. The maximum absolute atomic E-state index is 13.9. The zero-order valence-corrected chi connectivity index (χ0v) is 22.8. The first-order chi connectivity index (χ1) is 17.8. The van der Waals surface area contributed by atoms with Crippen LogP contribution in [0.4, 0.5) is 5.69 Å². The second kappa shape index (κ2) is 10.1. The molecule has 1 aliphatic rings. The van der Waals surface area contributed by atoms with Gasteiger partial charge in [0.15, 0.2) is 16.9 Å². The van der Waals surface area contributed by atoms with Gasteiger partial charge in [-0.25, -0.2) is 0 Å². The van der Waals surface area contributed by atoms with E-state index >= 15 is 0 Å². The van der Waals surface area contributed by atoms with Crippen LogP contribution >= 0.6 is 15.9 Å². The maximum Gasteiger partial charge on any atom is 0.295 e. The van der Waals surface area contributed by atoms with Gasteiger partial charge in [0.1, 0.15) is 5.58 Å². The number of hydrogen-bond donors (Lipinski definition) is 0. The van der Waals surface area contributed by atoms with Crippen molar-refractivity contribution in [2.45, 2.75) is 39.7 Å². The van der Waals surface area contributed by atoms with Gasteiger partial charge in [-0.1, -0.05) is 41.4 Å². The molecular weight excluding hydrogens is 534 g/mol. The smallest absolute Gasteiger partial charge is 0.295 e. The fourth-order valence-corrected chi connectivity index (χ4v) is 5.12. The fourth-order valence-electron chi connectivity index (χ4n) is 4.74. The van der Waals surface area contributed by atoms with E-state index in [0.29, 0.717) is 40.3 Å². The first kappa shape index (κ1) is 25.1. The van der Waals surface area contributed by atoms with Gasteiger partial charge in [-0.05, 0) is 79.4 Å². The summed E-state index contributed by atoms with van der Waals surface area (Å²) in [6.45, 7) is 6.60. The number of unbranched alkanes of at least 4 members (excludes halogenated alkanes) is 1. The Morgan fingerprint density at radius 2 is 1.78 bits per heavy atom. The minimum absolute atomic E-state index is 0.0629. The average molecular weight is 562 g/mol. The normalized spacial score (nSPS) is 14.8. The fraction of sp³-hybridized carbons (Fsp3) is 0.267. The van der Waals surface area contributed by atoms with Crippen LogP contribution in [0.3, 0.4) is 0 Å². The Balaban J connectivity index is 1.73. The lowest BCUT2D eigenvalue weighted by atomic mass is 9.97. The lowest BCUT2D eigenvalue weighted by Crippen LogP contribution is -2.29. The van der Waals surface area contributed by atoms with Crippen molar-refractivity contribution in [3.63, 3.8) is 0 Å². The van der Waals surface area contributed by atoms with Crippen molar-refractivity contribution >= 4 is 38.5 Å². The highest BCUT2D eigenvalue weighted by atomic mass is 79.9. The molecule has 6 nitrogen and oxygen atoms in total. The van der Waals surface area contributed by atoms with Crippen LogP contribution in [0.15, 0.2) is 68.3 Å². The zero-order valence-electron chi connectivity index (χ0n) is 21.3. The number of carbonyl (C=O) groups is 1.